The van der Waals surface area contributed by atoms with Gasteiger partial charge in [0, 0.05) is 25.5 Å². The van der Waals surface area contributed by atoms with Crippen LogP contribution < -0.4 is 10.6 Å². The SMILES string of the molecule is COC(CNC(=O)[C@H]1CCC[C@H]1CNC(=O)OCC1c2ccccc2-c2ccccc21)C(=O)O. The first-order valence-electron chi connectivity index (χ1n) is 11.6. The number of carboxylic acids is 1. The molecule has 8 nitrogen and oxygen atoms in total. The fourth-order valence-electron chi connectivity index (χ4n) is 5.09. The summed E-state index contributed by atoms with van der Waals surface area (Å²) in [4.78, 5) is 36.1. The molecule has 4 rings (SSSR count). The highest BCUT2D eigenvalue weighted by Gasteiger charge is 2.34. The molecule has 2 amide bonds. The first-order chi connectivity index (χ1) is 16.5. The second kappa shape index (κ2) is 10.7. The van der Waals surface area contributed by atoms with Gasteiger partial charge in [0.25, 0.3) is 0 Å². The maximum Gasteiger partial charge on any atom is 0.407 e. The minimum absolute atomic E-state index is 0.00822. The van der Waals surface area contributed by atoms with E-state index in [4.69, 9.17) is 14.6 Å². The highest BCUT2D eigenvalue weighted by molar-refractivity contribution is 5.81. The maximum atomic E-state index is 12.6. The van der Waals surface area contributed by atoms with Crippen molar-refractivity contribution in [2.75, 3.05) is 26.8 Å². The Balaban J connectivity index is 1.28. The number of benzene rings is 2. The summed E-state index contributed by atoms with van der Waals surface area (Å²) in [6.45, 7) is 0.483. The molecule has 0 bridgehead atoms. The van der Waals surface area contributed by atoms with Crippen molar-refractivity contribution >= 4 is 18.0 Å². The summed E-state index contributed by atoms with van der Waals surface area (Å²) in [6, 6.07) is 16.3. The monoisotopic (exact) mass is 466 g/mol. The van der Waals surface area contributed by atoms with Crippen molar-refractivity contribution in [1.29, 1.82) is 0 Å². The third kappa shape index (κ3) is 5.07. The second-order valence-corrected chi connectivity index (χ2v) is 8.81. The van der Waals surface area contributed by atoms with Gasteiger partial charge in [0.2, 0.25) is 5.91 Å². The Morgan fingerprint density at radius 1 is 1.00 bits per heavy atom. The largest absolute Gasteiger partial charge is 0.479 e. The van der Waals surface area contributed by atoms with E-state index < -0.39 is 18.2 Å². The summed E-state index contributed by atoms with van der Waals surface area (Å²) < 4.78 is 10.4. The summed E-state index contributed by atoms with van der Waals surface area (Å²) in [5, 5.41) is 14.5. The van der Waals surface area contributed by atoms with Crippen molar-refractivity contribution in [3.8, 4) is 11.1 Å². The minimum atomic E-state index is -1.12. The molecule has 3 atom stereocenters. The number of hydrogen-bond donors (Lipinski definition) is 3. The van der Waals surface area contributed by atoms with Gasteiger partial charge in [-0.3, -0.25) is 4.79 Å². The molecule has 34 heavy (non-hydrogen) atoms. The Bertz CT molecular complexity index is 1010. The molecule has 1 saturated carbocycles. The lowest BCUT2D eigenvalue weighted by Gasteiger charge is -2.21. The van der Waals surface area contributed by atoms with Crippen molar-refractivity contribution in [1.82, 2.24) is 10.6 Å². The van der Waals surface area contributed by atoms with Crippen LogP contribution >= 0.6 is 0 Å². The number of carbonyl (C=O) groups is 3. The average Bonchev–Trinajstić information content (AvgIpc) is 3.44. The van der Waals surface area contributed by atoms with Crippen LogP contribution in [-0.2, 0) is 19.1 Å². The average molecular weight is 467 g/mol. The Labute approximate surface area is 198 Å². The summed E-state index contributed by atoms with van der Waals surface area (Å²) in [6.07, 6.45) is 0.810. The standard InChI is InChI=1S/C26H30N2O6/c1-33-23(25(30)31)14-27-24(29)17-12-6-7-16(17)13-28-26(32)34-15-22-20-10-4-2-8-18(20)19-9-3-5-11-21(19)22/h2-5,8-11,16-17,22-23H,6-7,12-15H2,1H3,(H,27,29)(H,28,32)(H,30,31)/t16-,17-,23?/m0/s1. The lowest BCUT2D eigenvalue weighted by molar-refractivity contribution is -0.148. The molecule has 1 unspecified atom stereocenters. The molecule has 0 spiro atoms. The zero-order chi connectivity index (χ0) is 24.1. The van der Waals surface area contributed by atoms with Crippen LogP contribution in [-0.4, -0.2) is 56.0 Å². The maximum absolute atomic E-state index is 12.6. The first-order valence-corrected chi connectivity index (χ1v) is 11.6. The third-order valence-corrected chi connectivity index (χ3v) is 6.87. The molecule has 0 saturated heterocycles. The number of carboxylic acid groups (broad SMARTS) is 1. The second-order valence-electron chi connectivity index (χ2n) is 8.81. The predicted octanol–water partition coefficient (Wildman–Crippen LogP) is 3.16. The molecule has 180 valence electrons. The van der Waals surface area contributed by atoms with Gasteiger partial charge in [0.05, 0.1) is 6.54 Å². The van der Waals surface area contributed by atoms with Crippen LogP contribution in [0.5, 0.6) is 0 Å². The smallest absolute Gasteiger partial charge is 0.407 e. The third-order valence-electron chi connectivity index (χ3n) is 6.87. The topological polar surface area (TPSA) is 114 Å². The zero-order valence-electron chi connectivity index (χ0n) is 19.2. The van der Waals surface area contributed by atoms with Crippen LogP contribution in [0, 0.1) is 11.8 Å². The van der Waals surface area contributed by atoms with E-state index in [1.165, 1.54) is 18.2 Å². The van der Waals surface area contributed by atoms with Gasteiger partial charge in [0.1, 0.15) is 6.61 Å². The zero-order valence-corrected chi connectivity index (χ0v) is 19.2. The van der Waals surface area contributed by atoms with Gasteiger partial charge >= 0.3 is 12.1 Å². The number of aliphatic carboxylic acids is 1. The molecular formula is C26H30N2O6. The van der Waals surface area contributed by atoms with Gasteiger partial charge in [0.15, 0.2) is 6.10 Å². The van der Waals surface area contributed by atoms with Crippen LogP contribution in [0.3, 0.4) is 0 Å². The fraction of sp³-hybridized carbons (Fsp3) is 0.423. The molecule has 0 radical (unpaired) electrons. The van der Waals surface area contributed by atoms with E-state index in [-0.39, 0.29) is 36.8 Å². The fourth-order valence-corrected chi connectivity index (χ4v) is 5.09. The molecular weight excluding hydrogens is 436 g/mol. The highest BCUT2D eigenvalue weighted by Crippen LogP contribution is 2.44. The minimum Gasteiger partial charge on any atom is -0.479 e. The highest BCUT2D eigenvalue weighted by atomic mass is 16.5. The van der Waals surface area contributed by atoms with E-state index >= 15 is 0 Å². The summed E-state index contributed by atoms with van der Waals surface area (Å²) >= 11 is 0. The lowest BCUT2D eigenvalue weighted by Crippen LogP contribution is -2.42. The number of alkyl carbamates (subject to hydrolysis) is 1. The quantitative estimate of drug-likeness (QED) is 0.523. The summed E-state index contributed by atoms with van der Waals surface area (Å²) in [5.74, 6) is -1.64. The van der Waals surface area contributed by atoms with E-state index in [1.807, 2.05) is 24.3 Å². The van der Waals surface area contributed by atoms with Crippen LogP contribution in [0.25, 0.3) is 11.1 Å². The lowest BCUT2D eigenvalue weighted by atomic mass is 9.95. The van der Waals surface area contributed by atoms with E-state index in [0.717, 1.165) is 24.0 Å². The van der Waals surface area contributed by atoms with E-state index in [9.17, 15) is 14.4 Å². The Morgan fingerprint density at radius 3 is 2.26 bits per heavy atom. The predicted molar refractivity (Wildman–Crippen MR) is 125 cm³/mol. The number of nitrogens with one attached hydrogen (secondary N) is 2. The molecule has 0 heterocycles. The summed E-state index contributed by atoms with van der Waals surface area (Å²) in [7, 11) is 1.29. The van der Waals surface area contributed by atoms with Crippen LogP contribution in [0.15, 0.2) is 48.5 Å². The van der Waals surface area contributed by atoms with Crippen LogP contribution in [0.4, 0.5) is 4.79 Å². The number of methoxy groups -OCH3 is 1. The number of fused-ring (bicyclic) bond motifs is 3. The van der Waals surface area contributed by atoms with Crippen molar-refractivity contribution in [2.45, 2.75) is 31.3 Å². The molecule has 8 heteroatoms. The van der Waals surface area contributed by atoms with Crippen molar-refractivity contribution in [3.63, 3.8) is 0 Å². The van der Waals surface area contributed by atoms with E-state index in [2.05, 4.69) is 34.9 Å². The first kappa shape index (κ1) is 23.8. The normalized spacial score (nSPS) is 19.7. The molecule has 2 aliphatic rings. The van der Waals surface area contributed by atoms with Gasteiger partial charge in [-0.25, -0.2) is 9.59 Å². The Hall–Kier alpha value is -3.39. The Morgan fingerprint density at radius 2 is 1.65 bits per heavy atom. The van der Waals surface area contributed by atoms with Gasteiger partial charge in [-0.1, -0.05) is 55.0 Å². The molecule has 2 aromatic carbocycles. The molecule has 2 aliphatic carbocycles. The van der Waals surface area contributed by atoms with Gasteiger partial charge in [-0.2, -0.15) is 0 Å². The van der Waals surface area contributed by atoms with Gasteiger partial charge in [-0.15, -0.1) is 0 Å². The van der Waals surface area contributed by atoms with E-state index in [1.54, 1.807) is 0 Å². The number of rotatable bonds is 9. The van der Waals surface area contributed by atoms with Gasteiger partial charge in [-0.05, 0) is 41.0 Å². The van der Waals surface area contributed by atoms with E-state index in [0.29, 0.717) is 13.0 Å². The molecule has 1 fully saturated rings. The number of carbonyl (C=O) groups excluding carboxylic acids is 2. The van der Waals surface area contributed by atoms with Crippen molar-refractivity contribution in [3.05, 3.63) is 59.7 Å². The van der Waals surface area contributed by atoms with Crippen molar-refractivity contribution < 1.29 is 29.0 Å². The molecule has 0 aromatic heterocycles. The van der Waals surface area contributed by atoms with Gasteiger partial charge < -0.3 is 25.2 Å². The molecule has 0 aliphatic heterocycles. The molecule has 2 aromatic rings. The number of amides is 2. The van der Waals surface area contributed by atoms with Crippen LogP contribution in [0.2, 0.25) is 0 Å². The Kier molecular flexibility index (Phi) is 7.47. The number of ether oxygens (including phenoxy) is 2. The summed E-state index contributed by atoms with van der Waals surface area (Å²) in [5.41, 5.74) is 4.65. The number of hydrogen-bond acceptors (Lipinski definition) is 5. The molecule has 3 N–H and O–H groups in total. The van der Waals surface area contributed by atoms with Crippen molar-refractivity contribution in [2.24, 2.45) is 11.8 Å². The van der Waals surface area contributed by atoms with Crippen LogP contribution in [0.1, 0.15) is 36.3 Å².